The summed E-state index contributed by atoms with van der Waals surface area (Å²) in [4.78, 5) is 14.7. The highest BCUT2D eigenvalue weighted by Crippen LogP contribution is 2.29. The summed E-state index contributed by atoms with van der Waals surface area (Å²) < 4.78 is 5.25. The van der Waals surface area contributed by atoms with E-state index in [0.29, 0.717) is 12.2 Å². The Balaban J connectivity index is 1.73. The minimum Gasteiger partial charge on any atom is -0.467 e. The minimum absolute atomic E-state index is 0.0622. The van der Waals surface area contributed by atoms with E-state index < -0.39 is 6.10 Å². The number of aliphatic hydroxyl groups is 1. The number of hydrogen-bond acceptors (Lipinski definition) is 3. The zero-order valence-corrected chi connectivity index (χ0v) is 12.7. The van der Waals surface area contributed by atoms with Crippen LogP contribution in [-0.4, -0.2) is 28.5 Å². The van der Waals surface area contributed by atoms with Crippen molar-refractivity contribution < 1.29 is 14.3 Å². The van der Waals surface area contributed by atoms with Gasteiger partial charge in [0, 0.05) is 24.6 Å². The Morgan fingerprint density at radius 2 is 2.18 bits per heavy atom. The summed E-state index contributed by atoms with van der Waals surface area (Å²) in [7, 11) is 0. The number of furan rings is 1. The van der Waals surface area contributed by atoms with E-state index in [0.717, 1.165) is 30.5 Å². The second kappa shape index (κ2) is 6.36. The van der Waals surface area contributed by atoms with Crippen molar-refractivity contribution in [2.45, 2.75) is 38.3 Å². The normalized spacial score (nSPS) is 19.4. The Morgan fingerprint density at radius 1 is 1.36 bits per heavy atom. The number of aliphatic hydroxyl groups excluding tert-OH is 1. The zero-order valence-electron chi connectivity index (χ0n) is 12.7. The van der Waals surface area contributed by atoms with Crippen LogP contribution in [0.5, 0.6) is 0 Å². The molecule has 1 aromatic carbocycles. The maximum absolute atomic E-state index is 12.8. The summed E-state index contributed by atoms with van der Waals surface area (Å²) in [5, 5.41) is 10.3. The van der Waals surface area contributed by atoms with Crippen LogP contribution in [0.4, 0.5) is 0 Å². The molecule has 0 saturated carbocycles. The molecule has 0 bridgehead atoms. The van der Waals surface area contributed by atoms with Crippen molar-refractivity contribution in [1.29, 1.82) is 0 Å². The van der Waals surface area contributed by atoms with E-state index in [1.165, 1.54) is 0 Å². The van der Waals surface area contributed by atoms with Gasteiger partial charge in [0.1, 0.15) is 11.9 Å². The van der Waals surface area contributed by atoms with Gasteiger partial charge >= 0.3 is 0 Å². The van der Waals surface area contributed by atoms with Gasteiger partial charge in [0.15, 0.2) is 0 Å². The van der Waals surface area contributed by atoms with Gasteiger partial charge in [-0.1, -0.05) is 18.2 Å². The van der Waals surface area contributed by atoms with Crippen LogP contribution in [0.15, 0.2) is 47.1 Å². The summed E-state index contributed by atoms with van der Waals surface area (Å²) in [6.07, 6.45) is 3.32. The SMILES string of the molecule is Cc1ccccc1C(=O)N1CCCC1CC(O)c1ccco1. The Kier molecular flexibility index (Phi) is 4.29. The molecule has 1 fully saturated rings. The Morgan fingerprint density at radius 3 is 2.91 bits per heavy atom. The lowest BCUT2D eigenvalue weighted by Crippen LogP contribution is -2.36. The number of carbonyl (C=O) groups excluding carboxylic acids is 1. The molecule has 0 radical (unpaired) electrons. The van der Waals surface area contributed by atoms with Gasteiger partial charge in [0.25, 0.3) is 5.91 Å². The molecular weight excluding hydrogens is 278 g/mol. The molecule has 2 unspecified atom stereocenters. The van der Waals surface area contributed by atoms with Crippen LogP contribution in [0.3, 0.4) is 0 Å². The quantitative estimate of drug-likeness (QED) is 0.942. The van der Waals surface area contributed by atoms with Crippen molar-refractivity contribution in [1.82, 2.24) is 4.90 Å². The number of likely N-dealkylation sites (tertiary alicyclic amines) is 1. The van der Waals surface area contributed by atoms with Crippen LogP contribution in [0.1, 0.15) is 47.0 Å². The van der Waals surface area contributed by atoms with Crippen molar-refractivity contribution in [3.8, 4) is 0 Å². The van der Waals surface area contributed by atoms with E-state index in [2.05, 4.69) is 0 Å². The fraction of sp³-hybridized carbons (Fsp3) is 0.389. The standard InChI is InChI=1S/C18H21NO3/c1-13-6-2-3-8-15(13)18(21)19-10-4-7-14(19)12-16(20)17-9-5-11-22-17/h2-3,5-6,8-9,11,14,16,20H,4,7,10,12H2,1H3. The number of hydrogen-bond donors (Lipinski definition) is 1. The van der Waals surface area contributed by atoms with E-state index in [9.17, 15) is 9.90 Å². The number of benzene rings is 1. The van der Waals surface area contributed by atoms with Crippen LogP contribution in [-0.2, 0) is 0 Å². The van der Waals surface area contributed by atoms with Gasteiger partial charge in [-0.3, -0.25) is 4.79 Å². The minimum atomic E-state index is -0.662. The molecule has 0 aliphatic carbocycles. The molecule has 2 atom stereocenters. The maximum atomic E-state index is 12.8. The molecule has 116 valence electrons. The van der Waals surface area contributed by atoms with E-state index >= 15 is 0 Å². The molecule has 1 amide bonds. The Bertz CT molecular complexity index is 636. The van der Waals surface area contributed by atoms with Crippen molar-refractivity contribution >= 4 is 5.91 Å². The summed E-state index contributed by atoms with van der Waals surface area (Å²) in [6.45, 7) is 2.71. The van der Waals surface area contributed by atoms with Crippen LogP contribution < -0.4 is 0 Å². The molecule has 0 spiro atoms. The molecule has 1 saturated heterocycles. The highest BCUT2D eigenvalue weighted by atomic mass is 16.4. The third kappa shape index (κ3) is 2.92. The highest BCUT2D eigenvalue weighted by molar-refractivity contribution is 5.96. The van der Waals surface area contributed by atoms with Crippen molar-refractivity contribution in [2.24, 2.45) is 0 Å². The molecule has 4 nitrogen and oxygen atoms in total. The maximum Gasteiger partial charge on any atom is 0.254 e. The summed E-state index contributed by atoms with van der Waals surface area (Å²) in [5.74, 6) is 0.627. The third-order valence-corrected chi connectivity index (χ3v) is 4.38. The topological polar surface area (TPSA) is 53.7 Å². The molecule has 2 aromatic rings. The first-order valence-electron chi connectivity index (χ1n) is 7.75. The molecule has 4 heteroatoms. The average molecular weight is 299 g/mol. The second-order valence-electron chi connectivity index (χ2n) is 5.88. The number of aryl methyl sites for hydroxylation is 1. The average Bonchev–Trinajstić information content (AvgIpc) is 3.18. The molecule has 3 rings (SSSR count). The first-order valence-corrected chi connectivity index (χ1v) is 7.75. The monoisotopic (exact) mass is 299 g/mol. The summed E-state index contributed by atoms with van der Waals surface area (Å²) >= 11 is 0. The largest absolute Gasteiger partial charge is 0.467 e. The molecule has 22 heavy (non-hydrogen) atoms. The predicted molar refractivity (Wildman–Crippen MR) is 83.5 cm³/mol. The number of carbonyl (C=O) groups is 1. The van der Waals surface area contributed by atoms with Gasteiger partial charge < -0.3 is 14.4 Å². The number of rotatable bonds is 4. The summed E-state index contributed by atoms with van der Waals surface area (Å²) in [6, 6.07) is 11.3. The van der Waals surface area contributed by atoms with Crippen LogP contribution in [0, 0.1) is 6.92 Å². The number of nitrogens with zero attached hydrogens (tertiary/aromatic N) is 1. The lowest BCUT2D eigenvalue weighted by atomic mass is 10.0. The van der Waals surface area contributed by atoms with Gasteiger partial charge in [-0.2, -0.15) is 0 Å². The van der Waals surface area contributed by atoms with Gasteiger partial charge in [0.05, 0.1) is 6.26 Å². The van der Waals surface area contributed by atoms with E-state index in [1.54, 1.807) is 18.4 Å². The smallest absolute Gasteiger partial charge is 0.254 e. The zero-order chi connectivity index (χ0) is 15.5. The fourth-order valence-corrected chi connectivity index (χ4v) is 3.17. The van der Waals surface area contributed by atoms with Crippen molar-refractivity contribution in [3.63, 3.8) is 0 Å². The summed E-state index contributed by atoms with van der Waals surface area (Å²) in [5.41, 5.74) is 1.74. The van der Waals surface area contributed by atoms with E-state index in [1.807, 2.05) is 36.1 Å². The van der Waals surface area contributed by atoms with Gasteiger partial charge in [-0.05, 0) is 43.5 Å². The first-order chi connectivity index (χ1) is 10.7. The molecule has 1 aliphatic heterocycles. The number of amides is 1. The fourth-order valence-electron chi connectivity index (χ4n) is 3.17. The first kappa shape index (κ1) is 14.9. The highest BCUT2D eigenvalue weighted by Gasteiger charge is 2.32. The molecule has 1 aromatic heterocycles. The van der Waals surface area contributed by atoms with E-state index in [4.69, 9.17) is 4.42 Å². The van der Waals surface area contributed by atoms with Gasteiger partial charge in [-0.15, -0.1) is 0 Å². The lowest BCUT2D eigenvalue weighted by molar-refractivity contribution is 0.0640. The molecule has 1 aliphatic rings. The molecule has 1 N–H and O–H groups in total. The second-order valence-corrected chi connectivity index (χ2v) is 5.88. The Hall–Kier alpha value is -2.07. The van der Waals surface area contributed by atoms with Gasteiger partial charge in [0.2, 0.25) is 0 Å². The Labute approximate surface area is 130 Å². The molecular formula is C18H21NO3. The van der Waals surface area contributed by atoms with E-state index in [-0.39, 0.29) is 11.9 Å². The van der Waals surface area contributed by atoms with Crippen molar-refractivity contribution in [3.05, 3.63) is 59.5 Å². The molecule has 2 heterocycles. The van der Waals surface area contributed by atoms with Crippen LogP contribution in [0.25, 0.3) is 0 Å². The van der Waals surface area contributed by atoms with Gasteiger partial charge in [-0.25, -0.2) is 0 Å². The third-order valence-electron chi connectivity index (χ3n) is 4.38. The lowest BCUT2D eigenvalue weighted by Gasteiger charge is -2.26. The van der Waals surface area contributed by atoms with Crippen LogP contribution >= 0.6 is 0 Å². The van der Waals surface area contributed by atoms with Crippen LogP contribution in [0.2, 0.25) is 0 Å². The van der Waals surface area contributed by atoms with Crippen molar-refractivity contribution in [2.75, 3.05) is 6.54 Å². The predicted octanol–water partition coefficient (Wildman–Crippen LogP) is 3.32.